The van der Waals surface area contributed by atoms with Gasteiger partial charge in [-0.15, -0.1) is 0 Å². The van der Waals surface area contributed by atoms with E-state index < -0.39 is 15.1 Å². The van der Waals surface area contributed by atoms with E-state index in [-0.39, 0.29) is 30.3 Å². The van der Waals surface area contributed by atoms with Gasteiger partial charge in [-0.05, 0) is 19.8 Å². The molecule has 17 heavy (non-hydrogen) atoms. The summed E-state index contributed by atoms with van der Waals surface area (Å²) in [5.74, 6) is 0.809. The van der Waals surface area contributed by atoms with Crippen molar-refractivity contribution in [2.75, 3.05) is 5.75 Å². The molecule has 0 aliphatic carbocycles. The molecule has 0 bridgehead atoms. The highest BCUT2D eigenvalue weighted by molar-refractivity contribution is 7.92. The number of hydrogen-bond acceptors (Lipinski definition) is 6. The number of rotatable bonds is 4. The SMILES string of the molecule is CC(=O)Cc1nc(CC2CCCS2(=O)=O)no1. The maximum atomic E-state index is 11.6. The normalized spacial score (nSPS) is 22.8. The van der Waals surface area contributed by atoms with Gasteiger partial charge in [0.2, 0.25) is 5.89 Å². The lowest BCUT2D eigenvalue weighted by atomic mass is 10.2. The summed E-state index contributed by atoms with van der Waals surface area (Å²) in [6, 6.07) is 0. The van der Waals surface area contributed by atoms with E-state index in [2.05, 4.69) is 10.1 Å². The van der Waals surface area contributed by atoms with Gasteiger partial charge in [-0.1, -0.05) is 5.16 Å². The van der Waals surface area contributed by atoms with Crippen LogP contribution in [0, 0.1) is 0 Å². The number of sulfone groups is 1. The van der Waals surface area contributed by atoms with Crippen LogP contribution in [0.15, 0.2) is 4.52 Å². The molecule has 6 nitrogen and oxygen atoms in total. The highest BCUT2D eigenvalue weighted by Crippen LogP contribution is 2.22. The van der Waals surface area contributed by atoms with Crippen LogP contribution in [0.25, 0.3) is 0 Å². The van der Waals surface area contributed by atoms with Gasteiger partial charge in [-0.2, -0.15) is 4.98 Å². The van der Waals surface area contributed by atoms with E-state index in [1.54, 1.807) is 0 Å². The molecule has 7 heteroatoms. The van der Waals surface area contributed by atoms with Crippen molar-refractivity contribution in [2.24, 2.45) is 0 Å². The lowest BCUT2D eigenvalue weighted by molar-refractivity contribution is -0.116. The van der Waals surface area contributed by atoms with Crippen molar-refractivity contribution < 1.29 is 17.7 Å². The second-order valence-electron chi connectivity index (χ2n) is 4.32. The van der Waals surface area contributed by atoms with Gasteiger partial charge in [0.1, 0.15) is 5.78 Å². The number of Topliss-reactive ketones (excluding diaryl/α,β-unsaturated/α-hetero) is 1. The fraction of sp³-hybridized carbons (Fsp3) is 0.700. The Morgan fingerprint density at radius 3 is 2.88 bits per heavy atom. The van der Waals surface area contributed by atoms with Crippen molar-refractivity contribution in [1.82, 2.24) is 10.1 Å². The predicted octanol–water partition coefficient (Wildman–Crippen LogP) is 0.321. The molecule has 0 amide bonds. The first-order valence-electron chi connectivity index (χ1n) is 5.50. The van der Waals surface area contributed by atoms with Crippen molar-refractivity contribution >= 4 is 15.6 Å². The molecule has 0 aromatic carbocycles. The third-order valence-electron chi connectivity index (χ3n) is 2.78. The largest absolute Gasteiger partial charge is 0.339 e. The zero-order chi connectivity index (χ0) is 12.5. The predicted molar refractivity (Wildman–Crippen MR) is 59.2 cm³/mol. The van der Waals surface area contributed by atoms with E-state index in [0.29, 0.717) is 18.7 Å². The van der Waals surface area contributed by atoms with Gasteiger partial charge in [0.25, 0.3) is 0 Å². The molecule has 94 valence electrons. The van der Waals surface area contributed by atoms with Crippen LogP contribution in [0.3, 0.4) is 0 Å². The summed E-state index contributed by atoms with van der Waals surface area (Å²) < 4.78 is 28.1. The summed E-state index contributed by atoms with van der Waals surface area (Å²) in [7, 11) is -2.99. The average Bonchev–Trinajstić information content (AvgIpc) is 2.75. The first kappa shape index (κ1) is 12.2. The second kappa shape index (κ2) is 4.56. The molecular weight excluding hydrogens is 244 g/mol. The van der Waals surface area contributed by atoms with Crippen molar-refractivity contribution in [3.05, 3.63) is 11.7 Å². The molecule has 1 aromatic rings. The monoisotopic (exact) mass is 258 g/mol. The zero-order valence-electron chi connectivity index (χ0n) is 9.55. The molecule has 2 heterocycles. The van der Waals surface area contributed by atoms with Gasteiger partial charge >= 0.3 is 0 Å². The van der Waals surface area contributed by atoms with E-state index in [1.165, 1.54) is 6.92 Å². The molecule has 1 saturated heterocycles. The van der Waals surface area contributed by atoms with Gasteiger partial charge < -0.3 is 4.52 Å². The zero-order valence-corrected chi connectivity index (χ0v) is 10.4. The fourth-order valence-corrected chi connectivity index (χ4v) is 3.78. The maximum absolute atomic E-state index is 11.6. The average molecular weight is 258 g/mol. The minimum absolute atomic E-state index is 0.0614. The molecule has 2 rings (SSSR count). The Hall–Kier alpha value is -1.24. The minimum atomic E-state index is -2.99. The number of carbonyl (C=O) groups excluding carboxylic acids is 1. The number of nitrogens with zero attached hydrogens (tertiary/aromatic N) is 2. The van der Waals surface area contributed by atoms with Crippen LogP contribution >= 0.6 is 0 Å². The lowest BCUT2D eigenvalue weighted by Gasteiger charge is -2.04. The number of ketones is 1. The van der Waals surface area contributed by atoms with Crippen LogP contribution in [0.5, 0.6) is 0 Å². The van der Waals surface area contributed by atoms with Crippen LogP contribution in [-0.2, 0) is 27.5 Å². The summed E-state index contributed by atoms with van der Waals surface area (Å²) >= 11 is 0. The summed E-state index contributed by atoms with van der Waals surface area (Å²) in [5, 5.41) is 3.30. The molecule has 0 radical (unpaired) electrons. The molecule has 1 atom stereocenters. The van der Waals surface area contributed by atoms with Gasteiger partial charge in [0.15, 0.2) is 15.7 Å². The topological polar surface area (TPSA) is 90.1 Å². The van der Waals surface area contributed by atoms with Crippen LogP contribution in [0.2, 0.25) is 0 Å². The molecule has 1 aliphatic heterocycles. The highest BCUT2D eigenvalue weighted by Gasteiger charge is 2.32. The van der Waals surface area contributed by atoms with Gasteiger partial charge in [0.05, 0.1) is 17.4 Å². The summed E-state index contributed by atoms with van der Waals surface area (Å²) in [6.45, 7) is 1.44. The smallest absolute Gasteiger partial charge is 0.234 e. The van der Waals surface area contributed by atoms with Gasteiger partial charge in [-0.25, -0.2) is 8.42 Å². The molecular formula is C10H14N2O4S. The minimum Gasteiger partial charge on any atom is -0.339 e. The summed E-state index contributed by atoms with van der Waals surface area (Å²) in [6.07, 6.45) is 1.73. The van der Waals surface area contributed by atoms with Crippen molar-refractivity contribution in [1.29, 1.82) is 0 Å². The Balaban J connectivity index is 2.04. The lowest BCUT2D eigenvalue weighted by Crippen LogP contribution is -2.19. The molecule has 0 saturated carbocycles. The third kappa shape index (κ3) is 2.91. The Morgan fingerprint density at radius 2 is 2.29 bits per heavy atom. The van der Waals surface area contributed by atoms with E-state index in [1.807, 2.05) is 0 Å². The van der Waals surface area contributed by atoms with Crippen LogP contribution in [0.4, 0.5) is 0 Å². The van der Waals surface area contributed by atoms with Crippen molar-refractivity contribution in [3.8, 4) is 0 Å². The van der Waals surface area contributed by atoms with Gasteiger partial charge in [0, 0.05) is 6.42 Å². The molecule has 1 aromatic heterocycles. The number of carbonyl (C=O) groups is 1. The van der Waals surface area contributed by atoms with Crippen molar-refractivity contribution in [2.45, 2.75) is 37.9 Å². The second-order valence-corrected chi connectivity index (χ2v) is 6.72. The van der Waals surface area contributed by atoms with Crippen molar-refractivity contribution in [3.63, 3.8) is 0 Å². The molecule has 0 spiro atoms. The van der Waals surface area contributed by atoms with E-state index in [9.17, 15) is 13.2 Å². The molecule has 1 fully saturated rings. The Bertz CT molecular complexity index is 520. The standard InChI is InChI=1S/C10H14N2O4S/c1-7(13)5-10-11-9(12-16-10)6-8-3-2-4-17(8,14)15/h8H,2-6H2,1H3. The molecule has 1 unspecified atom stereocenters. The number of aromatic nitrogens is 2. The number of hydrogen-bond donors (Lipinski definition) is 0. The van der Waals surface area contributed by atoms with E-state index in [4.69, 9.17) is 4.52 Å². The first-order valence-corrected chi connectivity index (χ1v) is 7.21. The highest BCUT2D eigenvalue weighted by atomic mass is 32.2. The summed E-state index contributed by atoms with van der Waals surface area (Å²) in [4.78, 5) is 14.9. The summed E-state index contributed by atoms with van der Waals surface area (Å²) in [5.41, 5.74) is 0. The van der Waals surface area contributed by atoms with Crippen LogP contribution < -0.4 is 0 Å². The van der Waals surface area contributed by atoms with E-state index >= 15 is 0 Å². The maximum Gasteiger partial charge on any atom is 0.234 e. The van der Waals surface area contributed by atoms with Crippen LogP contribution in [-0.4, -0.2) is 35.3 Å². The molecule has 1 aliphatic rings. The quantitative estimate of drug-likeness (QED) is 0.772. The Kier molecular flexibility index (Phi) is 3.28. The Morgan fingerprint density at radius 1 is 1.53 bits per heavy atom. The molecule has 0 N–H and O–H groups in total. The Labute approximate surface area is 99.3 Å². The fourth-order valence-electron chi connectivity index (χ4n) is 1.95. The van der Waals surface area contributed by atoms with Crippen LogP contribution in [0.1, 0.15) is 31.5 Å². The first-order chi connectivity index (χ1) is 7.97. The van der Waals surface area contributed by atoms with E-state index in [0.717, 1.165) is 0 Å². The van der Waals surface area contributed by atoms with Gasteiger partial charge in [-0.3, -0.25) is 4.79 Å². The third-order valence-corrected chi connectivity index (χ3v) is 5.06.